The molecule has 3 atom stereocenters. The first-order chi connectivity index (χ1) is 13.0. The minimum atomic E-state index is -2.09. The Morgan fingerprint density at radius 1 is 1.36 bits per heavy atom. The second kappa shape index (κ2) is 8.62. The smallest absolute Gasteiger partial charge is 0.416 e. The lowest BCUT2D eigenvalue weighted by atomic mass is 10.0. The molecule has 1 aromatic carbocycles. The van der Waals surface area contributed by atoms with E-state index in [-0.39, 0.29) is 23.6 Å². The Morgan fingerprint density at radius 3 is 2.50 bits per heavy atom. The van der Waals surface area contributed by atoms with Gasteiger partial charge < -0.3 is 9.16 Å². The zero-order valence-corrected chi connectivity index (χ0v) is 18.9. The molecule has 1 fully saturated rings. The van der Waals surface area contributed by atoms with E-state index in [9.17, 15) is 9.59 Å². The van der Waals surface area contributed by atoms with Crippen LogP contribution in [0.1, 0.15) is 33.3 Å². The summed E-state index contributed by atoms with van der Waals surface area (Å²) in [5.41, 5.74) is 1.06. The molecule has 2 amide bonds. The standard InChI is InChI=1S/C22H33NO4Si/c1-8-19(27-28(6,7)22(3,4)5)16(2)20(24)23-18(15-26-21(23)25)14-17-12-10-9-11-13-17/h8-13,16,18-19H,1,14-15H2,2-7H3/t16-,18-,19+/m1/s1. The Balaban J connectivity index is 2.16. The SMILES string of the molecule is C=C[C@H](O[Si](C)(C)C(C)(C)C)[C@@H](C)C(=O)N1C(=O)OC[C@H]1Cc1ccccc1. The van der Waals surface area contributed by atoms with E-state index in [1.54, 1.807) is 13.0 Å². The third-order valence-electron chi connectivity index (χ3n) is 5.86. The van der Waals surface area contributed by atoms with Crippen LogP contribution in [0.25, 0.3) is 0 Å². The molecule has 0 aromatic heterocycles. The highest BCUT2D eigenvalue weighted by Gasteiger charge is 2.44. The van der Waals surface area contributed by atoms with Gasteiger partial charge in [0, 0.05) is 0 Å². The minimum Gasteiger partial charge on any atom is -0.447 e. The highest BCUT2D eigenvalue weighted by molar-refractivity contribution is 6.74. The Kier molecular flexibility index (Phi) is 6.88. The van der Waals surface area contributed by atoms with E-state index < -0.39 is 26.4 Å². The average molecular weight is 404 g/mol. The normalized spacial score (nSPS) is 19.9. The molecule has 6 heteroatoms. The fourth-order valence-corrected chi connectivity index (χ4v) is 4.33. The largest absolute Gasteiger partial charge is 0.447 e. The van der Waals surface area contributed by atoms with Crippen LogP contribution < -0.4 is 0 Å². The molecule has 1 aliphatic rings. The Bertz CT molecular complexity index is 711. The van der Waals surface area contributed by atoms with Crippen molar-refractivity contribution in [3.63, 3.8) is 0 Å². The van der Waals surface area contributed by atoms with E-state index in [1.165, 1.54) is 4.90 Å². The number of rotatable bonds is 7. The number of ether oxygens (including phenoxy) is 1. The molecule has 0 spiro atoms. The maximum Gasteiger partial charge on any atom is 0.416 e. The van der Waals surface area contributed by atoms with E-state index in [0.29, 0.717) is 6.42 Å². The fraction of sp³-hybridized carbons (Fsp3) is 0.545. The van der Waals surface area contributed by atoms with Gasteiger partial charge in [0.25, 0.3) is 0 Å². The molecule has 0 radical (unpaired) electrons. The van der Waals surface area contributed by atoms with Crippen molar-refractivity contribution in [2.75, 3.05) is 6.61 Å². The molecular formula is C22H33NO4Si. The topological polar surface area (TPSA) is 55.8 Å². The van der Waals surface area contributed by atoms with Gasteiger partial charge in [0.1, 0.15) is 6.61 Å². The van der Waals surface area contributed by atoms with E-state index in [4.69, 9.17) is 9.16 Å². The van der Waals surface area contributed by atoms with Crippen molar-refractivity contribution in [3.05, 3.63) is 48.6 Å². The third kappa shape index (κ3) is 4.91. The maximum atomic E-state index is 13.2. The quantitative estimate of drug-likeness (QED) is 0.485. The number of hydrogen-bond donors (Lipinski definition) is 0. The number of cyclic esters (lactones) is 1. The molecule has 0 N–H and O–H groups in total. The van der Waals surface area contributed by atoms with Crippen LogP contribution >= 0.6 is 0 Å². The lowest BCUT2D eigenvalue weighted by molar-refractivity contribution is -0.135. The van der Waals surface area contributed by atoms with Gasteiger partial charge in [-0.15, -0.1) is 6.58 Å². The minimum absolute atomic E-state index is 0.0133. The Labute approximate surface area is 169 Å². The summed E-state index contributed by atoms with van der Waals surface area (Å²) in [5, 5.41) is 0.0133. The van der Waals surface area contributed by atoms with Crippen molar-refractivity contribution in [3.8, 4) is 0 Å². The van der Waals surface area contributed by atoms with Gasteiger partial charge in [0.2, 0.25) is 5.91 Å². The van der Waals surface area contributed by atoms with E-state index >= 15 is 0 Å². The summed E-state index contributed by atoms with van der Waals surface area (Å²) in [6.45, 7) is 16.6. The van der Waals surface area contributed by atoms with Crippen molar-refractivity contribution < 1.29 is 18.8 Å². The van der Waals surface area contributed by atoms with E-state index in [0.717, 1.165) is 5.56 Å². The van der Waals surface area contributed by atoms with Crippen LogP contribution in [0, 0.1) is 5.92 Å². The monoisotopic (exact) mass is 403 g/mol. The van der Waals surface area contributed by atoms with Crippen molar-refractivity contribution in [2.45, 2.75) is 64.4 Å². The highest BCUT2D eigenvalue weighted by atomic mass is 28.4. The lowest BCUT2D eigenvalue weighted by Crippen LogP contribution is -2.50. The Hall–Kier alpha value is -1.92. The number of carbonyl (C=O) groups excluding carboxylic acids is 2. The zero-order chi connectivity index (χ0) is 21.1. The fourth-order valence-electron chi connectivity index (χ4n) is 3.00. The number of benzene rings is 1. The van der Waals surface area contributed by atoms with Gasteiger partial charge in [-0.2, -0.15) is 0 Å². The molecule has 0 saturated carbocycles. The maximum absolute atomic E-state index is 13.2. The lowest BCUT2D eigenvalue weighted by Gasteiger charge is -2.40. The van der Waals surface area contributed by atoms with Gasteiger partial charge in [-0.1, -0.05) is 64.1 Å². The molecular weight excluding hydrogens is 370 g/mol. The molecule has 28 heavy (non-hydrogen) atoms. The van der Waals surface area contributed by atoms with Crippen molar-refractivity contribution in [2.24, 2.45) is 5.92 Å². The summed E-state index contributed by atoms with van der Waals surface area (Å²) in [5.74, 6) is -0.789. The number of hydrogen-bond acceptors (Lipinski definition) is 4. The van der Waals surface area contributed by atoms with Crippen LogP contribution in [0.5, 0.6) is 0 Å². The predicted octanol–water partition coefficient (Wildman–Crippen LogP) is 4.79. The van der Waals surface area contributed by atoms with Crippen LogP contribution in [0.3, 0.4) is 0 Å². The van der Waals surface area contributed by atoms with Crippen LogP contribution in [-0.2, 0) is 20.4 Å². The Morgan fingerprint density at radius 2 is 1.96 bits per heavy atom. The molecule has 2 rings (SSSR count). The first kappa shape index (κ1) is 22.4. The molecule has 0 bridgehead atoms. The van der Waals surface area contributed by atoms with Gasteiger partial charge in [-0.3, -0.25) is 4.79 Å². The highest BCUT2D eigenvalue weighted by Crippen LogP contribution is 2.38. The number of amides is 2. The van der Waals surface area contributed by atoms with Crippen molar-refractivity contribution in [1.29, 1.82) is 0 Å². The van der Waals surface area contributed by atoms with Crippen molar-refractivity contribution in [1.82, 2.24) is 4.90 Å². The van der Waals surface area contributed by atoms with Crippen molar-refractivity contribution >= 4 is 20.3 Å². The van der Waals surface area contributed by atoms with Gasteiger partial charge in [-0.05, 0) is 30.1 Å². The summed E-state index contributed by atoms with van der Waals surface area (Å²) in [6, 6.07) is 9.51. The molecule has 154 valence electrons. The zero-order valence-electron chi connectivity index (χ0n) is 17.9. The molecule has 5 nitrogen and oxygen atoms in total. The van der Waals surface area contributed by atoms with E-state index in [2.05, 4.69) is 40.4 Å². The summed E-state index contributed by atoms with van der Waals surface area (Å²) in [7, 11) is -2.09. The molecule has 0 unspecified atom stereocenters. The summed E-state index contributed by atoms with van der Waals surface area (Å²) in [4.78, 5) is 26.8. The first-order valence-electron chi connectivity index (χ1n) is 9.82. The summed E-state index contributed by atoms with van der Waals surface area (Å²) in [6.07, 6.45) is 1.23. The predicted molar refractivity (Wildman–Crippen MR) is 114 cm³/mol. The van der Waals surface area contributed by atoms with Gasteiger partial charge in [-0.25, -0.2) is 9.69 Å². The number of imide groups is 1. The molecule has 1 saturated heterocycles. The summed E-state index contributed by atoms with van der Waals surface area (Å²) < 4.78 is 11.6. The van der Waals surface area contributed by atoms with Crippen LogP contribution in [-0.4, -0.2) is 44.0 Å². The average Bonchev–Trinajstić information content (AvgIpc) is 2.98. The molecule has 0 aliphatic carbocycles. The third-order valence-corrected chi connectivity index (χ3v) is 10.3. The summed E-state index contributed by atoms with van der Waals surface area (Å²) >= 11 is 0. The second-order valence-corrected chi connectivity index (χ2v) is 13.8. The molecule has 1 aliphatic heterocycles. The van der Waals surface area contributed by atoms with Gasteiger partial charge >= 0.3 is 6.09 Å². The van der Waals surface area contributed by atoms with Gasteiger partial charge in [0.05, 0.1) is 18.1 Å². The first-order valence-corrected chi connectivity index (χ1v) is 12.7. The van der Waals surface area contributed by atoms with Gasteiger partial charge in [0.15, 0.2) is 8.32 Å². The number of carbonyl (C=O) groups is 2. The molecule has 1 aromatic rings. The van der Waals surface area contributed by atoms with Crippen LogP contribution in [0.2, 0.25) is 18.1 Å². The second-order valence-electron chi connectivity index (χ2n) is 9.00. The van der Waals surface area contributed by atoms with Crippen LogP contribution in [0.15, 0.2) is 43.0 Å². The van der Waals surface area contributed by atoms with E-state index in [1.807, 2.05) is 30.3 Å². The van der Waals surface area contributed by atoms with Crippen LogP contribution in [0.4, 0.5) is 4.79 Å². The molecule has 1 heterocycles. The number of nitrogens with zero attached hydrogens (tertiary/aromatic N) is 1.